The molecule has 1 fully saturated rings. The first kappa shape index (κ1) is 20.8. The van der Waals surface area contributed by atoms with E-state index in [-0.39, 0.29) is 11.9 Å². The summed E-state index contributed by atoms with van der Waals surface area (Å²) in [6.07, 6.45) is 1.86. The van der Waals surface area contributed by atoms with Crippen LogP contribution in [0.4, 0.5) is 0 Å². The van der Waals surface area contributed by atoms with E-state index in [9.17, 15) is 4.79 Å². The SMILES string of the molecule is COc1ccc(-c2cc(C(=O)N3CCCC3c3ccc(OC)c(OC)c3)n(C)n2)cc1. The van der Waals surface area contributed by atoms with Gasteiger partial charge in [0.1, 0.15) is 11.4 Å². The number of nitrogens with zero attached hydrogens (tertiary/aromatic N) is 3. The molecule has 3 aromatic rings. The zero-order chi connectivity index (χ0) is 22.0. The fourth-order valence-corrected chi connectivity index (χ4v) is 4.13. The van der Waals surface area contributed by atoms with Crippen molar-refractivity contribution in [3.8, 4) is 28.5 Å². The number of methoxy groups -OCH3 is 3. The Bertz CT molecular complexity index is 1070. The highest BCUT2D eigenvalue weighted by Gasteiger charge is 2.32. The zero-order valence-corrected chi connectivity index (χ0v) is 18.3. The maximum absolute atomic E-state index is 13.5. The molecule has 0 bridgehead atoms. The molecule has 0 saturated carbocycles. The Morgan fingerprint density at radius 3 is 2.39 bits per heavy atom. The van der Waals surface area contributed by atoms with Crippen LogP contribution in [0.1, 0.15) is 34.9 Å². The largest absolute Gasteiger partial charge is 0.497 e. The summed E-state index contributed by atoms with van der Waals surface area (Å²) in [6.45, 7) is 0.709. The van der Waals surface area contributed by atoms with Gasteiger partial charge in [-0.2, -0.15) is 5.10 Å². The Balaban J connectivity index is 1.61. The monoisotopic (exact) mass is 421 g/mol. The number of benzene rings is 2. The van der Waals surface area contributed by atoms with Crippen molar-refractivity contribution < 1.29 is 19.0 Å². The second kappa shape index (κ2) is 8.71. The van der Waals surface area contributed by atoms with Crippen LogP contribution in [0.3, 0.4) is 0 Å². The molecule has 2 aromatic carbocycles. The molecule has 1 amide bonds. The minimum atomic E-state index is -0.0213. The maximum Gasteiger partial charge on any atom is 0.272 e. The summed E-state index contributed by atoms with van der Waals surface area (Å²) in [4.78, 5) is 15.4. The lowest BCUT2D eigenvalue weighted by atomic mass is 10.0. The van der Waals surface area contributed by atoms with Crippen molar-refractivity contribution >= 4 is 5.91 Å². The number of carbonyl (C=O) groups excluding carboxylic acids is 1. The van der Waals surface area contributed by atoms with Gasteiger partial charge in [-0.1, -0.05) is 6.07 Å². The number of ether oxygens (including phenoxy) is 3. The number of rotatable bonds is 6. The summed E-state index contributed by atoms with van der Waals surface area (Å²) in [5.41, 5.74) is 3.31. The van der Waals surface area contributed by atoms with E-state index in [1.165, 1.54) is 0 Å². The van der Waals surface area contributed by atoms with Gasteiger partial charge in [0.25, 0.3) is 5.91 Å². The molecule has 0 aliphatic carbocycles. The van der Waals surface area contributed by atoms with E-state index in [0.29, 0.717) is 23.7 Å². The lowest BCUT2D eigenvalue weighted by Gasteiger charge is -2.25. The van der Waals surface area contributed by atoms with E-state index in [2.05, 4.69) is 5.10 Å². The van der Waals surface area contributed by atoms with Crippen LogP contribution in [0.5, 0.6) is 17.2 Å². The van der Waals surface area contributed by atoms with E-state index in [4.69, 9.17) is 14.2 Å². The fraction of sp³-hybridized carbons (Fsp3) is 0.333. The van der Waals surface area contributed by atoms with Crippen molar-refractivity contribution in [3.05, 3.63) is 59.8 Å². The molecule has 4 rings (SSSR count). The predicted molar refractivity (Wildman–Crippen MR) is 118 cm³/mol. The van der Waals surface area contributed by atoms with Crippen molar-refractivity contribution in [2.24, 2.45) is 7.05 Å². The highest BCUT2D eigenvalue weighted by molar-refractivity contribution is 5.94. The van der Waals surface area contributed by atoms with E-state index in [1.54, 1.807) is 26.0 Å². The second-order valence-electron chi connectivity index (χ2n) is 7.54. The average Bonchev–Trinajstić information content (AvgIpc) is 3.45. The molecule has 1 unspecified atom stereocenters. The van der Waals surface area contributed by atoms with E-state index >= 15 is 0 Å². The Morgan fingerprint density at radius 2 is 1.71 bits per heavy atom. The molecule has 0 N–H and O–H groups in total. The zero-order valence-electron chi connectivity index (χ0n) is 18.3. The molecule has 7 heteroatoms. The Labute approximate surface area is 182 Å². The molecule has 1 aliphatic rings. The summed E-state index contributed by atoms with van der Waals surface area (Å²) >= 11 is 0. The van der Waals surface area contributed by atoms with Crippen LogP contribution in [0, 0.1) is 0 Å². The number of carbonyl (C=O) groups is 1. The van der Waals surface area contributed by atoms with E-state index in [1.807, 2.05) is 60.5 Å². The van der Waals surface area contributed by atoms with Gasteiger partial charge in [0.15, 0.2) is 11.5 Å². The van der Waals surface area contributed by atoms with Crippen molar-refractivity contribution in [1.29, 1.82) is 0 Å². The van der Waals surface area contributed by atoms with Gasteiger partial charge in [-0.25, -0.2) is 0 Å². The van der Waals surface area contributed by atoms with Crippen molar-refractivity contribution in [2.45, 2.75) is 18.9 Å². The number of likely N-dealkylation sites (tertiary alicyclic amines) is 1. The van der Waals surface area contributed by atoms with Gasteiger partial charge in [0, 0.05) is 19.2 Å². The van der Waals surface area contributed by atoms with Crippen molar-refractivity contribution in [1.82, 2.24) is 14.7 Å². The minimum Gasteiger partial charge on any atom is -0.497 e. The second-order valence-corrected chi connectivity index (χ2v) is 7.54. The molecular formula is C24H27N3O4. The smallest absolute Gasteiger partial charge is 0.272 e. The van der Waals surface area contributed by atoms with Gasteiger partial charge in [-0.05, 0) is 60.9 Å². The molecule has 2 heterocycles. The molecular weight excluding hydrogens is 394 g/mol. The van der Waals surface area contributed by atoms with Crippen molar-refractivity contribution in [3.63, 3.8) is 0 Å². The fourth-order valence-electron chi connectivity index (χ4n) is 4.13. The normalized spacial score (nSPS) is 15.7. The van der Waals surface area contributed by atoms with Crippen LogP contribution in [-0.2, 0) is 7.05 Å². The highest BCUT2D eigenvalue weighted by atomic mass is 16.5. The highest BCUT2D eigenvalue weighted by Crippen LogP contribution is 2.37. The van der Waals surface area contributed by atoms with Gasteiger partial charge in [0.05, 0.1) is 33.1 Å². The Hall–Kier alpha value is -3.48. The molecule has 1 saturated heterocycles. The van der Waals surface area contributed by atoms with Crippen LogP contribution in [0.15, 0.2) is 48.5 Å². The first-order valence-corrected chi connectivity index (χ1v) is 10.3. The summed E-state index contributed by atoms with van der Waals surface area (Å²) < 4.78 is 17.7. The number of aromatic nitrogens is 2. The third-order valence-corrected chi connectivity index (χ3v) is 5.79. The van der Waals surface area contributed by atoms with Gasteiger partial charge in [0.2, 0.25) is 0 Å². The van der Waals surface area contributed by atoms with E-state index < -0.39 is 0 Å². The van der Waals surface area contributed by atoms with Crippen LogP contribution in [0.2, 0.25) is 0 Å². The van der Waals surface area contributed by atoms with Gasteiger partial charge < -0.3 is 19.1 Å². The standard InChI is InChI=1S/C24H27N3O4/c1-26-21(15-19(25-26)16-7-10-18(29-2)11-8-16)24(28)27-13-5-6-20(27)17-9-12-22(30-3)23(14-17)31-4/h7-12,14-15,20H,5-6,13H2,1-4H3. The molecule has 162 valence electrons. The van der Waals surface area contributed by atoms with E-state index in [0.717, 1.165) is 35.4 Å². The third kappa shape index (κ3) is 3.95. The van der Waals surface area contributed by atoms with Crippen LogP contribution >= 0.6 is 0 Å². The lowest BCUT2D eigenvalue weighted by molar-refractivity contribution is 0.0724. The maximum atomic E-state index is 13.5. The first-order valence-electron chi connectivity index (χ1n) is 10.3. The van der Waals surface area contributed by atoms with Crippen LogP contribution in [0.25, 0.3) is 11.3 Å². The lowest BCUT2D eigenvalue weighted by Crippen LogP contribution is -2.32. The summed E-state index contributed by atoms with van der Waals surface area (Å²) in [5.74, 6) is 2.11. The third-order valence-electron chi connectivity index (χ3n) is 5.79. The summed E-state index contributed by atoms with van der Waals surface area (Å²) in [6, 6.07) is 15.4. The Kier molecular flexibility index (Phi) is 5.84. The van der Waals surface area contributed by atoms with Crippen LogP contribution in [-0.4, -0.2) is 48.5 Å². The minimum absolute atomic E-state index is 0.00774. The molecule has 7 nitrogen and oxygen atoms in total. The number of hydrogen-bond donors (Lipinski definition) is 0. The van der Waals surface area contributed by atoms with Gasteiger partial charge >= 0.3 is 0 Å². The van der Waals surface area contributed by atoms with Crippen molar-refractivity contribution in [2.75, 3.05) is 27.9 Å². The predicted octanol–water partition coefficient (Wildman–Crippen LogP) is 4.09. The molecule has 0 spiro atoms. The Morgan fingerprint density at radius 1 is 0.968 bits per heavy atom. The first-order chi connectivity index (χ1) is 15.0. The summed E-state index contributed by atoms with van der Waals surface area (Å²) in [7, 11) is 6.68. The molecule has 1 atom stereocenters. The molecule has 1 aromatic heterocycles. The number of aryl methyl sites for hydroxylation is 1. The number of hydrogen-bond acceptors (Lipinski definition) is 5. The van der Waals surface area contributed by atoms with Gasteiger partial charge in [-0.3, -0.25) is 9.48 Å². The van der Waals surface area contributed by atoms with Gasteiger partial charge in [-0.15, -0.1) is 0 Å². The molecule has 0 radical (unpaired) electrons. The average molecular weight is 421 g/mol. The number of amides is 1. The van der Waals surface area contributed by atoms with Crippen LogP contribution < -0.4 is 14.2 Å². The molecule has 1 aliphatic heterocycles. The quantitative estimate of drug-likeness (QED) is 0.600. The molecule has 31 heavy (non-hydrogen) atoms. The summed E-state index contributed by atoms with van der Waals surface area (Å²) in [5, 5.41) is 4.57. The topological polar surface area (TPSA) is 65.8 Å².